The first kappa shape index (κ1) is 15.1. The summed E-state index contributed by atoms with van der Waals surface area (Å²) in [6.45, 7) is 8.63. The molecule has 0 aliphatic heterocycles. The van der Waals surface area contributed by atoms with Crippen LogP contribution >= 0.6 is 0 Å². The van der Waals surface area contributed by atoms with Crippen molar-refractivity contribution in [1.82, 2.24) is 25.4 Å². The lowest BCUT2D eigenvalue weighted by molar-refractivity contribution is 0.472. The molecule has 21 heavy (non-hydrogen) atoms. The zero-order valence-electron chi connectivity index (χ0n) is 12.8. The number of rotatable bonds is 6. The Balaban J connectivity index is 1.86. The molecule has 0 atom stereocenters. The van der Waals surface area contributed by atoms with E-state index in [9.17, 15) is 0 Å². The van der Waals surface area contributed by atoms with Gasteiger partial charge in [0.2, 0.25) is 5.89 Å². The van der Waals surface area contributed by atoms with Gasteiger partial charge in [-0.05, 0) is 26.8 Å². The Hall–Kier alpha value is -2.31. The van der Waals surface area contributed by atoms with Crippen molar-refractivity contribution >= 4 is 5.96 Å². The van der Waals surface area contributed by atoms with Crippen LogP contribution < -0.4 is 10.6 Å². The molecular formula is C14H22N6O. The Kier molecular flexibility index (Phi) is 5.36. The van der Waals surface area contributed by atoms with Crippen LogP contribution in [0.3, 0.4) is 0 Å². The number of hydrogen-bond donors (Lipinski definition) is 2. The lowest BCUT2D eigenvalue weighted by atomic mass is 10.4. The van der Waals surface area contributed by atoms with Gasteiger partial charge in [0.1, 0.15) is 12.3 Å². The maximum absolute atomic E-state index is 5.52. The summed E-state index contributed by atoms with van der Waals surface area (Å²) in [5.41, 5.74) is 0.914. The van der Waals surface area contributed by atoms with E-state index in [0.717, 1.165) is 37.0 Å². The molecule has 2 heterocycles. The summed E-state index contributed by atoms with van der Waals surface area (Å²) >= 11 is 0. The fourth-order valence-electron chi connectivity index (χ4n) is 1.82. The Morgan fingerprint density at radius 3 is 2.86 bits per heavy atom. The molecule has 2 rings (SSSR count). The summed E-state index contributed by atoms with van der Waals surface area (Å²) in [7, 11) is 0. The standard InChI is InChI=1S/C14H22N6O/c1-4-15-14(16-7-9-20-8-5-6-18-20)17-10-13-19-11(2)12(3)21-13/h5-6,8H,4,7,9-10H2,1-3H3,(H2,15,16,17). The first-order valence-corrected chi connectivity index (χ1v) is 7.11. The minimum absolute atomic E-state index is 0.422. The maximum atomic E-state index is 5.52. The van der Waals surface area contributed by atoms with Gasteiger partial charge in [0.25, 0.3) is 0 Å². The van der Waals surface area contributed by atoms with Crippen molar-refractivity contribution < 1.29 is 4.42 Å². The first-order valence-electron chi connectivity index (χ1n) is 7.11. The molecule has 7 nitrogen and oxygen atoms in total. The number of nitrogens with one attached hydrogen (secondary N) is 2. The third kappa shape index (κ3) is 4.62. The van der Waals surface area contributed by atoms with Crippen molar-refractivity contribution in [1.29, 1.82) is 0 Å². The van der Waals surface area contributed by atoms with E-state index in [4.69, 9.17) is 4.42 Å². The molecule has 0 fully saturated rings. The molecule has 0 saturated carbocycles. The van der Waals surface area contributed by atoms with Crippen LogP contribution in [0.5, 0.6) is 0 Å². The maximum Gasteiger partial charge on any atom is 0.216 e. The number of aromatic nitrogens is 3. The number of hydrogen-bond acceptors (Lipinski definition) is 4. The monoisotopic (exact) mass is 290 g/mol. The molecule has 2 aromatic rings. The molecule has 7 heteroatoms. The van der Waals surface area contributed by atoms with Gasteiger partial charge in [-0.1, -0.05) is 0 Å². The summed E-state index contributed by atoms with van der Waals surface area (Å²) in [6, 6.07) is 1.91. The fourth-order valence-corrected chi connectivity index (χ4v) is 1.82. The minimum Gasteiger partial charge on any atom is -0.444 e. The first-order chi connectivity index (χ1) is 10.2. The van der Waals surface area contributed by atoms with Crippen molar-refractivity contribution in [2.45, 2.75) is 33.9 Å². The predicted molar refractivity (Wildman–Crippen MR) is 81.0 cm³/mol. The molecule has 0 spiro atoms. The van der Waals surface area contributed by atoms with Gasteiger partial charge >= 0.3 is 0 Å². The molecule has 2 N–H and O–H groups in total. The quantitative estimate of drug-likeness (QED) is 0.618. The van der Waals surface area contributed by atoms with Gasteiger partial charge in [-0.3, -0.25) is 4.68 Å². The van der Waals surface area contributed by atoms with Gasteiger partial charge in [-0.25, -0.2) is 9.98 Å². The summed E-state index contributed by atoms with van der Waals surface area (Å²) in [5, 5.41) is 10.6. The zero-order valence-corrected chi connectivity index (χ0v) is 12.8. The van der Waals surface area contributed by atoms with Crippen LogP contribution in [0.15, 0.2) is 27.9 Å². The average molecular weight is 290 g/mol. The van der Waals surface area contributed by atoms with Crippen LogP contribution in [-0.4, -0.2) is 33.8 Å². The molecule has 2 aromatic heterocycles. The second kappa shape index (κ2) is 7.47. The second-order valence-corrected chi connectivity index (χ2v) is 4.64. The van der Waals surface area contributed by atoms with E-state index >= 15 is 0 Å². The Morgan fingerprint density at radius 1 is 1.38 bits per heavy atom. The van der Waals surface area contributed by atoms with Crippen LogP contribution in [0, 0.1) is 13.8 Å². The molecule has 0 bridgehead atoms. The van der Waals surface area contributed by atoms with Crippen molar-refractivity contribution in [3.8, 4) is 0 Å². The lowest BCUT2D eigenvalue weighted by Gasteiger charge is -2.10. The molecule has 0 radical (unpaired) electrons. The van der Waals surface area contributed by atoms with Gasteiger partial charge in [0.15, 0.2) is 5.96 Å². The molecule has 0 saturated heterocycles. The van der Waals surface area contributed by atoms with E-state index in [2.05, 4.69) is 25.7 Å². The molecule has 0 aromatic carbocycles. The highest BCUT2D eigenvalue weighted by Crippen LogP contribution is 2.08. The average Bonchev–Trinajstić information content (AvgIpc) is 3.07. The number of nitrogens with zero attached hydrogens (tertiary/aromatic N) is 4. The Bertz CT molecular complexity index is 553. The highest BCUT2D eigenvalue weighted by atomic mass is 16.4. The molecule has 0 aliphatic carbocycles. The van der Waals surface area contributed by atoms with E-state index in [1.54, 1.807) is 6.20 Å². The van der Waals surface area contributed by atoms with E-state index in [1.807, 2.05) is 37.7 Å². The second-order valence-electron chi connectivity index (χ2n) is 4.64. The van der Waals surface area contributed by atoms with Crippen LogP contribution in [0.4, 0.5) is 0 Å². The zero-order chi connectivity index (χ0) is 15.1. The minimum atomic E-state index is 0.422. The highest BCUT2D eigenvalue weighted by molar-refractivity contribution is 5.79. The van der Waals surface area contributed by atoms with E-state index in [1.165, 1.54) is 0 Å². The van der Waals surface area contributed by atoms with Crippen LogP contribution in [0.25, 0.3) is 0 Å². The Morgan fingerprint density at radius 2 is 2.24 bits per heavy atom. The normalized spacial score (nSPS) is 11.7. The summed E-state index contributed by atoms with van der Waals surface area (Å²) < 4.78 is 7.39. The van der Waals surface area contributed by atoms with E-state index < -0.39 is 0 Å². The summed E-state index contributed by atoms with van der Waals surface area (Å²) in [5.74, 6) is 2.23. The van der Waals surface area contributed by atoms with Crippen molar-refractivity contribution in [2.75, 3.05) is 13.1 Å². The SMILES string of the molecule is CCNC(=NCc1nc(C)c(C)o1)NCCn1cccn1. The number of aliphatic imine (C=N–C) groups is 1. The van der Waals surface area contributed by atoms with Crippen molar-refractivity contribution in [2.24, 2.45) is 4.99 Å². The third-order valence-corrected chi connectivity index (χ3v) is 2.98. The van der Waals surface area contributed by atoms with Gasteiger partial charge in [0.05, 0.1) is 12.2 Å². The smallest absolute Gasteiger partial charge is 0.216 e. The number of guanidine groups is 1. The largest absolute Gasteiger partial charge is 0.444 e. The van der Waals surface area contributed by atoms with Gasteiger partial charge in [-0.2, -0.15) is 5.10 Å². The Labute approximate surface area is 124 Å². The highest BCUT2D eigenvalue weighted by Gasteiger charge is 2.05. The van der Waals surface area contributed by atoms with Gasteiger partial charge in [-0.15, -0.1) is 0 Å². The summed E-state index contributed by atoms with van der Waals surface area (Å²) in [4.78, 5) is 8.79. The number of oxazole rings is 1. The topological polar surface area (TPSA) is 80.3 Å². The molecule has 0 amide bonds. The van der Waals surface area contributed by atoms with Crippen LogP contribution in [-0.2, 0) is 13.1 Å². The van der Waals surface area contributed by atoms with Gasteiger partial charge in [0, 0.05) is 25.5 Å². The molecule has 0 unspecified atom stereocenters. The van der Waals surface area contributed by atoms with Crippen LogP contribution in [0.2, 0.25) is 0 Å². The van der Waals surface area contributed by atoms with Crippen LogP contribution in [0.1, 0.15) is 24.3 Å². The number of aryl methyl sites for hydroxylation is 2. The van der Waals surface area contributed by atoms with E-state index in [0.29, 0.717) is 12.4 Å². The van der Waals surface area contributed by atoms with E-state index in [-0.39, 0.29) is 0 Å². The molecule has 114 valence electrons. The third-order valence-electron chi connectivity index (χ3n) is 2.98. The van der Waals surface area contributed by atoms with Crippen molar-refractivity contribution in [3.05, 3.63) is 35.8 Å². The van der Waals surface area contributed by atoms with Gasteiger partial charge < -0.3 is 15.1 Å². The molecule has 0 aliphatic rings. The lowest BCUT2D eigenvalue weighted by Crippen LogP contribution is -2.38. The molecular weight excluding hydrogens is 268 g/mol. The van der Waals surface area contributed by atoms with Crippen molar-refractivity contribution in [3.63, 3.8) is 0 Å². The summed E-state index contributed by atoms with van der Waals surface area (Å²) in [6.07, 6.45) is 3.70. The predicted octanol–water partition coefficient (Wildman–Crippen LogP) is 1.24. The fraction of sp³-hybridized carbons (Fsp3) is 0.500.